The molecule has 2 aliphatic rings. The molecule has 0 aliphatic carbocycles. The van der Waals surface area contributed by atoms with Crippen molar-refractivity contribution in [3.63, 3.8) is 0 Å². The fourth-order valence-electron chi connectivity index (χ4n) is 5.16. The lowest BCUT2D eigenvalue weighted by Crippen LogP contribution is -2.48. The summed E-state index contributed by atoms with van der Waals surface area (Å²) in [6, 6.07) is 7.36. The minimum Gasteiger partial charge on any atom is -0.493 e. The quantitative estimate of drug-likeness (QED) is 0.402. The number of hydrogen-bond donors (Lipinski definition) is 0. The molecule has 0 unspecified atom stereocenters. The lowest BCUT2D eigenvalue weighted by atomic mass is 9.97. The monoisotopic (exact) mass is 592 g/mol. The Balaban J connectivity index is 0.00000387. The van der Waals surface area contributed by atoms with Gasteiger partial charge in [0.15, 0.2) is 0 Å². The van der Waals surface area contributed by atoms with Crippen molar-refractivity contribution in [1.82, 2.24) is 24.3 Å². The number of benzene rings is 1. The first-order valence-electron chi connectivity index (χ1n) is 13.4. The summed E-state index contributed by atoms with van der Waals surface area (Å²) in [5.74, 6) is -0.163. The molecule has 9 nitrogen and oxygen atoms in total. The first-order chi connectivity index (χ1) is 19.2. The maximum Gasteiger partial charge on any atom is 0.419 e. The number of likely N-dealkylation sites (N-methyl/N-ethyl adjacent to an activating group) is 1. The first-order valence-corrected chi connectivity index (χ1v) is 13.4. The van der Waals surface area contributed by atoms with E-state index < -0.39 is 11.7 Å². The van der Waals surface area contributed by atoms with Gasteiger partial charge in [0.1, 0.15) is 24.0 Å². The molecule has 2 aliphatic heterocycles. The van der Waals surface area contributed by atoms with Gasteiger partial charge in [0, 0.05) is 56.5 Å². The van der Waals surface area contributed by atoms with E-state index in [9.17, 15) is 23.2 Å². The summed E-state index contributed by atoms with van der Waals surface area (Å²) in [6.07, 6.45) is -0.605. The molecular formula is C28H32ClF3N6O3. The summed E-state index contributed by atoms with van der Waals surface area (Å²) in [7, 11) is 2.00. The topological polar surface area (TPSA) is 96.5 Å². The third-order valence-corrected chi connectivity index (χ3v) is 7.56. The second-order valence-electron chi connectivity index (χ2n) is 10.3. The Morgan fingerprint density at radius 3 is 2.56 bits per heavy atom. The molecule has 0 spiro atoms. The van der Waals surface area contributed by atoms with Crippen LogP contribution in [0.2, 0.25) is 0 Å². The second-order valence-corrected chi connectivity index (χ2v) is 10.3. The smallest absolute Gasteiger partial charge is 0.419 e. The fourth-order valence-corrected chi connectivity index (χ4v) is 5.16. The predicted octanol–water partition coefficient (Wildman–Crippen LogP) is 4.38. The highest BCUT2D eigenvalue weighted by molar-refractivity contribution is 5.92. The predicted molar refractivity (Wildman–Crippen MR) is 148 cm³/mol. The van der Waals surface area contributed by atoms with Gasteiger partial charge in [0.25, 0.3) is 0 Å². The van der Waals surface area contributed by atoms with Crippen LogP contribution in [0.15, 0.2) is 30.5 Å². The lowest BCUT2D eigenvalue weighted by molar-refractivity contribution is -0.139. The number of ether oxygens (including phenoxy) is 2. The molecule has 41 heavy (non-hydrogen) atoms. The minimum atomic E-state index is -4.66. The Kier molecular flexibility index (Phi) is 9.73. The molecule has 1 aromatic carbocycles. The third kappa shape index (κ3) is 7.09. The average Bonchev–Trinajstić information content (AvgIpc) is 3.35. The molecule has 220 valence electrons. The number of carbonyl (C=O) groups is 1. The van der Waals surface area contributed by atoms with E-state index >= 15 is 0 Å². The Bertz CT molecular complexity index is 1410. The van der Waals surface area contributed by atoms with Gasteiger partial charge in [-0.15, -0.1) is 12.4 Å². The van der Waals surface area contributed by atoms with E-state index in [-0.39, 0.29) is 54.3 Å². The van der Waals surface area contributed by atoms with E-state index in [1.807, 2.05) is 13.1 Å². The molecule has 2 fully saturated rings. The van der Waals surface area contributed by atoms with Gasteiger partial charge in [-0.25, -0.2) is 9.97 Å². The van der Waals surface area contributed by atoms with Crippen molar-refractivity contribution >= 4 is 29.3 Å². The fraction of sp³-hybridized carbons (Fsp3) is 0.500. The van der Waals surface area contributed by atoms with Gasteiger partial charge < -0.3 is 23.8 Å². The standard InChI is InChI=1S/C28H31F3N6O3.ClH/c1-35-9-11-36(12-10-35)25(38)18-37-8-4-21-26(33-24(17-32)34-27(21)37)20-2-3-23(22(16-20)28(29,30)31)40-15-7-19-5-13-39-14-6-19;/h2-4,8,16,19H,5-7,9-15,18H2,1H3;1H. The summed E-state index contributed by atoms with van der Waals surface area (Å²) >= 11 is 0. The number of nitrogens with zero attached hydrogens (tertiary/aromatic N) is 6. The molecule has 0 saturated carbocycles. The van der Waals surface area contributed by atoms with Crippen molar-refractivity contribution in [1.29, 1.82) is 5.26 Å². The van der Waals surface area contributed by atoms with Crippen molar-refractivity contribution in [2.75, 3.05) is 53.0 Å². The number of alkyl halides is 3. The Hall–Kier alpha value is -3.40. The van der Waals surface area contributed by atoms with Crippen LogP contribution in [0.5, 0.6) is 5.75 Å². The van der Waals surface area contributed by atoms with Crippen molar-refractivity contribution in [2.45, 2.75) is 32.0 Å². The summed E-state index contributed by atoms with van der Waals surface area (Å²) in [5, 5.41) is 10.0. The van der Waals surface area contributed by atoms with Gasteiger partial charge in [-0.2, -0.15) is 18.4 Å². The molecule has 2 saturated heterocycles. The SMILES string of the molecule is CN1CCN(C(=O)Cn2ccc3c(-c4ccc(OCCC5CCOCC5)c(C(F)(F)F)c4)nc(C#N)nc32)CC1.Cl. The van der Waals surface area contributed by atoms with Crippen LogP contribution >= 0.6 is 12.4 Å². The number of halogens is 4. The zero-order valence-corrected chi connectivity index (χ0v) is 23.5. The minimum absolute atomic E-state index is 0. The van der Waals surface area contributed by atoms with Gasteiger partial charge in [-0.1, -0.05) is 0 Å². The van der Waals surface area contributed by atoms with Crippen LogP contribution < -0.4 is 4.74 Å². The summed E-state index contributed by atoms with van der Waals surface area (Å²) in [4.78, 5) is 25.4. The Labute approximate surface area is 242 Å². The van der Waals surface area contributed by atoms with Crippen LogP contribution in [-0.4, -0.2) is 83.3 Å². The number of rotatable bonds is 7. The summed E-state index contributed by atoms with van der Waals surface area (Å²) in [5.41, 5.74) is -0.232. The third-order valence-electron chi connectivity index (χ3n) is 7.56. The Morgan fingerprint density at radius 1 is 1.15 bits per heavy atom. The van der Waals surface area contributed by atoms with E-state index in [1.54, 1.807) is 21.7 Å². The Morgan fingerprint density at radius 2 is 1.88 bits per heavy atom. The number of carbonyl (C=O) groups excluding carboxylic acids is 1. The molecule has 0 N–H and O–H groups in total. The molecular weight excluding hydrogens is 561 g/mol. The van der Waals surface area contributed by atoms with Crippen molar-refractivity contribution in [3.8, 4) is 23.1 Å². The molecule has 13 heteroatoms. The van der Waals surface area contributed by atoms with Crippen LogP contribution in [0.25, 0.3) is 22.3 Å². The highest BCUT2D eigenvalue weighted by Gasteiger charge is 2.35. The summed E-state index contributed by atoms with van der Waals surface area (Å²) < 4.78 is 54.9. The van der Waals surface area contributed by atoms with E-state index in [0.717, 1.165) is 32.0 Å². The molecule has 0 bridgehead atoms. The van der Waals surface area contributed by atoms with Crippen LogP contribution in [0, 0.1) is 17.2 Å². The molecule has 4 heterocycles. The zero-order chi connectivity index (χ0) is 28.3. The number of amides is 1. The summed E-state index contributed by atoms with van der Waals surface area (Å²) in [6.45, 7) is 4.29. The van der Waals surface area contributed by atoms with Crippen LogP contribution in [0.3, 0.4) is 0 Å². The normalized spacial score (nSPS) is 16.8. The van der Waals surface area contributed by atoms with E-state index in [2.05, 4.69) is 14.9 Å². The number of hydrogen-bond acceptors (Lipinski definition) is 7. The highest BCUT2D eigenvalue weighted by Crippen LogP contribution is 2.40. The van der Waals surface area contributed by atoms with Crippen LogP contribution in [0.4, 0.5) is 13.2 Å². The number of nitriles is 1. The first kappa shape index (κ1) is 30.6. The number of piperazine rings is 1. The maximum atomic E-state index is 14.1. The second kappa shape index (κ2) is 13.1. The van der Waals surface area contributed by atoms with E-state index in [1.165, 1.54) is 12.1 Å². The average molecular weight is 593 g/mol. The van der Waals surface area contributed by atoms with Gasteiger partial charge in [0.2, 0.25) is 11.7 Å². The van der Waals surface area contributed by atoms with E-state index in [4.69, 9.17) is 9.47 Å². The van der Waals surface area contributed by atoms with E-state index in [0.29, 0.717) is 49.7 Å². The largest absolute Gasteiger partial charge is 0.493 e. The highest BCUT2D eigenvalue weighted by atomic mass is 35.5. The van der Waals surface area contributed by atoms with Crippen molar-refractivity contribution < 1.29 is 27.4 Å². The molecule has 0 atom stereocenters. The van der Waals surface area contributed by atoms with Gasteiger partial charge in [-0.05, 0) is 56.5 Å². The van der Waals surface area contributed by atoms with Gasteiger partial charge >= 0.3 is 6.18 Å². The number of fused-ring (bicyclic) bond motifs is 1. The maximum absolute atomic E-state index is 14.1. The lowest BCUT2D eigenvalue weighted by Gasteiger charge is -2.32. The van der Waals surface area contributed by atoms with Gasteiger partial charge in [-0.3, -0.25) is 4.79 Å². The van der Waals surface area contributed by atoms with Crippen LogP contribution in [-0.2, 0) is 22.3 Å². The molecule has 5 rings (SSSR count). The molecule has 1 amide bonds. The van der Waals surface area contributed by atoms with Crippen molar-refractivity contribution in [3.05, 3.63) is 41.9 Å². The van der Waals surface area contributed by atoms with Gasteiger partial charge in [0.05, 0.1) is 17.9 Å². The molecule has 3 aromatic rings. The van der Waals surface area contributed by atoms with Crippen LogP contribution in [0.1, 0.15) is 30.7 Å². The molecule has 2 aromatic heterocycles. The van der Waals surface area contributed by atoms with Crippen molar-refractivity contribution in [2.24, 2.45) is 5.92 Å². The molecule has 0 radical (unpaired) electrons. The number of aromatic nitrogens is 3. The zero-order valence-electron chi connectivity index (χ0n) is 22.7.